The van der Waals surface area contributed by atoms with Crippen LogP contribution >= 0.6 is 11.6 Å². The summed E-state index contributed by atoms with van der Waals surface area (Å²) < 4.78 is 29.8. The van der Waals surface area contributed by atoms with Crippen LogP contribution in [0.2, 0.25) is 5.02 Å². The fourth-order valence-electron chi connectivity index (χ4n) is 3.48. The fraction of sp³-hybridized carbons (Fsp3) is 0.474. The van der Waals surface area contributed by atoms with E-state index in [2.05, 4.69) is 0 Å². The molecular weight excluding hydrogens is 406 g/mol. The van der Waals surface area contributed by atoms with Crippen LogP contribution in [0.4, 0.5) is 0 Å². The fourth-order valence-corrected chi connectivity index (χ4v) is 4.77. The number of aliphatic hydroxyl groups is 1. The van der Waals surface area contributed by atoms with E-state index in [1.165, 1.54) is 12.1 Å². The van der Waals surface area contributed by atoms with E-state index < -0.39 is 21.4 Å². The minimum atomic E-state index is -3.58. The van der Waals surface area contributed by atoms with E-state index >= 15 is 0 Å². The molecule has 1 aliphatic heterocycles. The Balaban J connectivity index is 2.07. The molecule has 0 spiro atoms. The lowest BCUT2D eigenvalue weighted by molar-refractivity contribution is -0.116. The Bertz CT molecular complexity index is 947. The van der Waals surface area contributed by atoms with Gasteiger partial charge in [0.25, 0.3) is 0 Å². The highest BCUT2D eigenvalue weighted by Crippen LogP contribution is 2.33. The van der Waals surface area contributed by atoms with Crippen LogP contribution in [-0.4, -0.2) is 62.5 Å². The molecule has 9 heteroatoms. The van der Waals surface area contributed by atoms with Gasteiger partial charge in [-0.05, 0) is 18.6 Å². The second kappa shape index (κ2) is 8.32. The van der Waals surface area contributed by atoms with E-state index in [4.69, 9.17) is 16.3 Å². The van der Waals surface area contributed by atoms with Gasteiger partial charge in [-0.15, -0.1) is 0 Å². The minimum absolute atomic E-state index is 0.00177. The summed E-state index contributed by atoms with van der Waals surface area (Å²) in [5.74, 6) is -1.33. The van der Waals surface area contributed by atoms with E-state index in [9.17, 15) is 23.1 Å². The van der Waals surface area contributed by atoms with Crippen molar-refractivity contribution in [3.05, 3.63) is 39.6 Å². The number of hydrogen-bond acceptors (Lipinski definition) is 7. The number of ketones is 2. The van der Waals surface area contributed by atoms with Gasteiger partial charge in [0.2, 0.25) is 5.78 Å². The third-order valence-electron chi connectivity index (χ3n) is 4.94. The number of ether oxygens (including phenoxy) is 1. The first-order valence-corrected chi connectivity index (χ1v) is 11.3. The number of halogens is 1. The predicted octanol–water partition coefficient (Wildman–Crippen LogP) is 2.32. The lowest BCUT2D eigenvalue weighted by Gasteiger charge is -2.28. The average Bonchev–Trinajstić information content (AvgIpc) is 2.63. The first kappa shape index (κ1) is 21.0. The SMILES string of the molecule is CS(=O)(=O)c1ccc(C(=O)C2=C(O)CCCC2=O)c(Cl)c1CN1CCOCC1. The first-order chi connectivity index (χ1) is 13.2. The van der Waals surface area contributed by atoms with Gasteiger partial charge in [-0.25, -0.2) is 8.42 Å². The highest BCUT2D eigenvalue weighted by atomic mass is 35.5. The Morgan fingerprint density at radius 3 is 2.54 bits per heavy atom. The van der Waals surface area contributed by atoms with Gasteiger partial charge in [0, 0.05) is 49.9 Å². The number of benzene rings is 1. The number of sulfone groups is 1. The molecule has 3 rings (SSSR count). The van der Waals surface area contributed by atoms with Crippen molar-refractivity contribution in [1.82, 2.24) is 4.90 Å². The molecule has 1 saturated heterocycles. The van der Waals surface area contributed by atoms with Gasteiger partial charge < -0.3 is 9.84 Å². The molecule has 1 aliphatic carbocycles. The van der Waals surface area contributed by atoms with Crippen LogP contribution in [0, 0.1) is 0 Å². The van der Waals surface area contributed by atoms with Gasteiger partial charge in [-0.2, -0.15) is 0 Å². The standard InChI is InChI=1S/C19H22ClNO6S/c1-28(25,26)16-6-5-12(19(24)17-14(22)3-2-4-15(17)23)18(20)13(16)11-21-7-9-27-10-8-21/h5-6,22H,2-4,7-11H2,1H3. The lowest BCUT2D eigenvalue weighted by Crippen LogP contribution is -2.36. The largest absolute Gasteiger partial charge is 0.511 e. The molecule has 0 bridgehead atoms. The van der Waals surface area contributed by atoms with Crippen molar-refractivity contribution >= 4 is 33.0 Å². The zero-order valence-corrected chi connectivity index (χ0v) is 17.1. The third-order valence-corrected chi connectivity index (χ3v) is 6.55. The van der Waals surface area contributed by atoms with E-state index in [1.54, 1.807) is 0 Å². The third kappa shape index (κ3) is 4.30. The maximum atomic E-state index is 12.9. The number of rotatable bonds is 5. The van der Waals surface area contributed by atoms with E-state index in [0.29, 0.717) is 38.3 Å². The second-order valence-electron chi connectivity index (χ2n) is 6.99. The number of Topliss-reactive ketones (excluding diaryl/α,β-unsaturated/α-hetero) is 2. The molecule has 7 nitrogen and oxygen atoms in total. The number of morpholine rings is 1. The summed E-state index contributed by atoms with van der Waals surface area (Å²) in [6.07, 6.45) is 2.02. The summed E-state index contributed by atoms with van der Waals surface area (Å²) in [5.41, 5.74) is 0.0898. The molecule has 1 fully saturated rings. The van der Waals surface area contributed by atoms with Gasteiger partial charge in [0.15, 0.2) is 15.6 Å². The van der Waals surface area contributed by atoms with Crippen LogP contribution in [-0.2, 0) is 25.9 Å². The average molecular weight is 428 g/mol. The predicted molar refractivity (Wildman–Crippen MR) is 104 cm³/mol. The van der Waals surface area contributed by atoms with Crippen molar-refractivity contribution in [3.8, 4) is 0 Å². The molecule has 2 aliphatic rings. The van der Waals surface area contributed by atoms with Crippen LogP contribution in [0.5, 0.6) is 0 Å². The Kier molecular flexibility index (Phi) is 6.24. The zero-order chi connectivity index (χ0) is 20.5. The zero-order valence-electron chi connectivity index (χ0n) is 15.5. The van der Waals surface area contributed by atoms with Crippen molar-refractivity contribution in [1.29, 1.82) is 0 Å². The first-order valence-electron chi connectivity index (χ1n) is 9.01. The molecule has 1 aromatic carbocycles. The minimum Gasteiger partial charge on any atom is -0.511 e. The molecule has 1 aromatic rings. The molecule has 0 aromatic heterocycles. The summed E-state index contributed by atoms with van der Waals surface area (Å²) >= 11 is 6.49. The quantitative estimate of drug-likeness (QED) is 0.568. The maximum absolute atomic E-state index is 12.9. The Morgan fingerprint density at radius 1 is 1.25 bits per heavy atom. The highest BCUT2D eigenvalue weighted by Gasteiger charge is 2.31. The Morgan fingerprint density at radius 2 is 1.93 bits per heavy atom. The monoisotopic (exact) mass is 427 g/mol. The highest BCUT2D eigenvalue weighted by molar-refractivity contribution is 7.90. The van der Waals surface area contributed by atoms with Gasteiger partial charge in [0.1, 0.15) is 11.3 Å². The molecule has 1 heterocycles. The Labute approximate surface area is 168 Å². The summed E-state index contributed by atoms with van der Waals surface area (Å²) in [6, 6.07) is 2.65. The van der Waals surface area contributed by atoms with Crippen molar-refractivity contribution in [2.45, 2.75) is 30.7 Å². The van der Waals surface area contributed by atoms with Crippen molar-refractivity contribution in [2.75, 3.05) is 32.6 Å². The molecule has 0 saturated carbocycles. The normalized spacial score (nSPS) is 19.1. The molecule has 0 atom stereocenters. The smallest absolute Gasteiger partial charge is 0.201 e. The number of aliphatic hydroxyl groups excluding tert-OH is 1. The van der Waals surface area contributed by atoms with Crippen molar-refractivity contribution < 1.29 is 27.9 Å². The number of allylic oxidation sites excluding steroid dienone is 2. The maximum Gasteiger partial charge on any atom is 0.201 e. The van der Waals surface area contributed by atoms with Crippen LogP contribution < -0.4 is 0 Å². The van der Waals surface area contributed by atoms with Crippen LogP contribution in [0.25, 0.3) is 0 Å². The van der Waals surface area contributed by atoms with Gasteiger partial charge in [0.05, 0.1) is 23.1 Å². The molecule has 0 radical (unpaired) electrons. The number of hydrogen-bond donors (Lipinski definition) is 1. The molecule has 1 N–H and O–H groups in total. The molecule has 152 valence electrons. The number of carbonyl (C=O) groups is 2. The van der Waals surface area contributed by atoms with E-state index in [-0.39, 0.29) is 46.2 Å². The summed E-state index contributed by atoms with van der Waals surface area (Å²) in [5, 5.41) is 10.1. The molecule has 0 amide bonds. The molecule has 0 unspecified atom stereocenters. The molecular formula is C19H22ClNO6S. The van der Waals surface area contributed by atoms with E-state index in [1.807, 2.05) is 4.90 Å². The number of nitrogens with zero attached hydrogens (tertiary/aromatic N) is 1. The lowest BCUT2D eigenvalue weighted by atomic mass is 9.90. The summed E-state index contributed by atoms with van der Waals surface area (Å²) in [4.78, 5) is 27.1. The van der Waals surface area contributed by atoms with Crippen LogP contribution in [0.15, 0.2) is 28.4 Å². The summed E-state index contributed by atoms with van der Waals surface area (Å²) in [6.45, 7) is 2.52. The van der Waals surface area contributed by atoms with Crippen molar-refractivity contribution in [2.24, 2.45) is 0 Å². The van der Waals surface area contributed by atoms with Crippen LogP contribution in [0.1, 0.15) is 35.2 Å². The summed E-state index contributed by atoms with van der Waals surface area (Å²) in [7, 11) is -3.58. The van der Waals surface area contributed by atoms with Gasteiger partial charge in [-0.1, -0.05) is 11.6 Å². The molecule has 28 heavy (non-hydrogen) atoms. The number of carbonyl (C=O) groups excluding carboxylic acids is 2. The van der Waals surface area contributed by atoms with Gasteiger partial charge in [-0.3, -0.25) is 14.5 Å². The topological polar surface area (TPSA) is 101 Å². The van der Waals surface area contributed by atoms with E-state index in [0.717, 1.165) is 6.26 Å². The van der Waals surface area contributed by atoms with Crippen LogP contribution in [0.3, 0.4) is 0 Å². The van der Waals surface area contributed by atoms with Gasteiger partial charge >= 0.3 is 0 Å². The second-order valence-corrected chi connectivity index (χ2v) is 9.35. The van der Waals surface area contributed by atoms with Crippen molar-refractivity contribution in [3.63, 3.8) is 0 Å². The Hall–Kier alpha value is -1.74.